The van der Waals surface area contributed by atoms with Gasteiger partial charge in [0.05, 0.1) is 19.6 Å². The molecule has 0 aromatic heterocycles. The highest BCUT2D eigenvalue weighted by Gasteiger charge is 2.51. The second kappa shape index (κ2) is 5.15. The zero-order valence-electron chi connectivity index (χ0n) is 10.9. The fourth-order valence-electron chi connectivity index (χ4n) is 2.47. The molecule has 1 aliphatic carbocycles. The van der Waals surface area contributed by atoms with Crippen LogP contribution in [0.4, 0.5) is 8.78 Å². The first-order valence-corrected chi connectivity index (χ1v) is 6.22. The first-order valence-electron chi connectivity index (χ1n) is 6.22. The van der Waals surface area contributed by atoms with Gasteiger partial charge >= 0.3 is 11.9 Å². The number of carbonyl (C=O) groups is 1. The van der Waals surface area contributed by atoms with Crippen LogP contribution < -0.4 is 4.74 Å². The number of esters is 1. The molecular weight excluding hydrogens is 254 g/mol. The molecular formula is C14H16F2O3. The van der Waals surface area contributed by atoms with Crippen LogP contribution in [-0.2, 0) is 16.0 Å². The Kier molecular flexibility index (Phi) is 3.73. The summed E-state index contributed by atoms with van der Waals surface area (Å²) in [5.41, 5.74) is 1.33. The van der Waals surface area contributed by atoms with E-state index in [9.17, 15) is 13.6 Å². The van der Waals surface area contributed by atoms with Gasteiger partial charge in [-0.15, -0.1) is 0 Å². The van der Waals surface area contributed by atoms with Gasteiger partial charge in [-0.05, 0) is 43.0 Å². The smallest absolute Gasteiger partial charge is 0.377 e. The van der Waals surface area contributed by atoms with Crippen LogP contribution in [0.25, 0.3) is 0 Å². The van der Waals surface area contributed by atoms with Crippen molar-refractivity contribution in [3.63, 3.8) is 0 Å². The molecule has 1 atom stereocenters. The quantitative estimate of drug-likeness (QED) is 0.789. The molecule has 1 aliphatic rings. The standard InChI is InChI=1S/C14H16F2O3/c1-3-19-13(17)14(15,16)12-7-4-9-8-10(18-2)5-6-11(9)12/h5-6,8,12H,3-4,7H2,1-2H3. The second-order valence-electron chi connectivity index (χ2n) is 4.50. The van der Waals surface area contributed by atoms with Crippen LogP contribution >= 0.6 is 0 Å². The van der Waals surface area contributed by atoms with Crippen LogP contribution in [0, 0.1) is 0 Å². The van der Waals surface area contributed by atoms with Crippen LogP contribution in [0.3, 0.4) is 0 Å². The minimum Gasteiger partial charge on any atom is -0.497 e. The van der Waals surface area contributed by atoms with Crippen LogP contribution in [0.1, 0.15) is 30.4 Å². The summed E-state index contributed by atoms with van der Waals surface area (Å²) in [5, 5.41) is 0. The van der Waals surface area contributed by atoms with Crippen molar-refractivity contribution in [2.24, 2.45) is 0 Å². The molecule has 0 radical (unpaired) electrons. The normalized spacial score (nSPS) is 18.0. The molecule has 19 heavy (non-hydrogen) atoms. The number of hydrogen-bond acceptors (Lipinski definition) is 3. The number of methoxy groups -OCH3 is 1. The lowest BCUT2D eigenvalue weighted by Gasteiger charge is -2.22. The topological polar surface area (TPSA) is 35.5 Å². The molecule has 1 aromatic carbocycles. The van der Waals surface area contributed by atoms with E-state index in [-0.39, 0.29) is 13.0 Å². The number of ether oxygens (including phenoxy) is 2. The third kappa shape index (κ3) is 2.41. The van der Waals surface area contributed by atoms with E-state index >= 15 is 0 Å². The largest absolute Gasteiger partial charge is 0.497 e. The molecule has 5 heteroatoms. The van der Waals surface area contributed by atoms with E-state index in [1.165, 1.54) is 14.0 Å². The molecule has 0 heterocycles. The van der Waals surface area contributed by atoms with Gasteiger partial charge in [0.1, 0.15) is 5.75 Å². The van der Waals surface area contributed by atoms with E-state index in [0.29, 0.717) is 17.7 Å². The van der Waals surface area contributed by atoms with Crippen molar-refractivity contribution >= 4 is 5.97 Å². The lowest BCUT2D eigenvalue weighted by Crippen LogP contribution is -2.36. The second-order valence-corrected chi connectivity index (χ2v) is 4.50. The average molecular weight is 270 g/mol. The highest BCUT2D eigenvalue weighted by Crippen LogP contribution is 2.45. The Hall–Kier alpha value is -1.65. The maximum atomic E-state index is 14.1. The predicted octanol–water partition coefficient (Wildman–Crippen LogP) is 2.92. The molecule has 0 saturated carbocycles. The molecule has 0 spiro atoms. The summed E-state index contributed by atoms with van der Waals surface area (Å²) < 4.78 is 37.7. The molecule has 1 unspecified atom stereocenters. The Balaban J connectivity index is 2.29. The highest BCUT2D eigenvalue weighted by atomic mass is 19.3. The molecule has 0 bridgehead atoms. The fourth-order valence-corrected chi connectivity index (χ4v) is 2.47. The van der Waals surface area contributed by atoms with Crippen LogP contribution in [0.5, 0.6) is 5.75 Å². The minimum atomic E-state index is -3.48. The number of carbonyl (C=O) groups excluding carboxylic acids is 1. The van der Waals surface area contributed by atoms with E-state index in [1.54, 1.807) is 18.2 Å². The molecule has 104 valence electrons. The Morgan fingerprint density at radius 1 is 1.47 bits per heavy atom. The summed E-state index contributed by atoms with van der Waals surface area (Å²) in [7, 11) is 1.53. The third-order valence-electron chi connectivity index (χ3n) is 3.41. The summed E-state index contributed by atoms with van der Waals surface area (Å²) in [6.07, 6.45) is 0.764. The number of halogens is 2. The number of aryl methyl sites for hydroxylation is 1. The number of rotatable bonds is 4. The Morgan fingerprint density at radius 2 is 2.21 bits per heavy atom. The predicted molar refractivity (Wildman–Crippen MR) is 65.6 cm³/mol. The molecule has 3 nitrogen and oxygen atoms in total. The summed E-state index contributed by atoms with van der Waals surface area (Å²) in [6.45, 7) is 1.47. The number of hydrogen-bond donors (Lipinski definition) is 0. The number of benzene rings is 1. The van der Waals surface area contributed by atoms with Gasteiger partial charge in [0.15, 0.2) is 0 Å². The maximum absolute atomic E-state index is 14.1. The molecule has 2 rings (SSSR count). The first kappa shape index (κ1) is 13.8. The summed E-state index contributed by atoms with van der Waals surface area (Å²) in [4.78, 5) is 11.4. The van der Waals surface area contributed by atoms with Crippen LogP contribution in [-0.4, -0.2) is 25.6 Å². The monoisotopic (exact) mass is 270 g/mol. The van der Waals surface area contributed by atoms with Crippen LogP contribution in [0.15, 0.2) is 18.2 Å². The van der Waals surface area contributed by atoms with E-state index in [1.807, 2.05) is 0 Å². The van der Waals surface area contributed by atoms with Crippen molar-refractivity contribution in [1.82, 2.24) is 0 Å². The van der Waals surface area contributed by atoms with E-state index in [2.05, 4.69) is 4.74 Å². The van der Waals surface area contributed by atoms with Gasteiger partial charge in [-0.2, -0.15) is 8.78 Å². The van der Waals surface area contributed by atoms with Gasteiger partial charge in [-0.25, -0.2) is 4.79 Å². The van der Waals surface area contributed by atoms with Gasteiger partial charge in [-0.3, -0.25) is 0 Å². The van der Waals surface area contributed by atoms with Gasteiger partial charge < -0.3 is 9.47 Å². The van der Waals surface area contributed by atoms with Crippen molar-refractivity contribution in [2.45, 2.75) is 31.6 Å². The van der Waals surface area contributed by atoms with Gasteiger partial charge in [0.2, 0.25) is 0 Å². The zero-order chi connectivity index (χ0) is 14.0. The lowest BCUT2D eigenvalue weighted by atomic mass is 9.94. The SMILES string of the molecule is CCOC(=O)C(F)(F)C1CCc2cc(OC)ccc21. The van der Waals surface area contributed by atoms with Gasteiger partial charge in [-0.1, -0.05) is 6.07 Å². The minimum absolute atomic E-state index is 0.0450. The highest BCUT2D eigenvalue weighted by molar-refractivity contribution is 5.79. The fraction of sp³-hybridized carbons (Fsp3) is 0.500. The van der Waals surface area contributed by atoms with Crippen LogP contribution in [0.2, 0.25) is 0 Å². The van der Waals surface area contributed by atoms with Gasteiger partial charge in [0, 0.05) is 0 Å². The van der Waals surface area contributed by atoms with Gasteiger partial charge in [0.25, 0.3) is 0 Å². The van der Waals surface area contributed by atoms with E-state index < -0.39 is 17.8 Å². The van der Waals surface area contributed by atoms with E-state index in [0.717, 1.165) is 5.56 Å². The lowest BCUT2D eigenvalue weighted by molar-refractivity contribution is -0.175. The zero-order valence-corrected chi connectivity index (χ0v) is 10.9. The molecule has 0 N–H and O–H groups in total. The summed E-state index contributed by atoms with van der Waals surface area (Å²) in [6, 6.07) is 4.99. The maximum Gasteiger partial charge on any atom is 0.377 e. The van der Waals surface area contributed by atoms with E-state index in [4.69, 9.17) is 4.74 Å². The average Bonchev–Trinajstić information content (AvgIpc) is 2.82. The molecule has 0 saturated heterocycles. The molecule has 1 aromatic rings. The Bertz CT molecular complexity index is 486. The first-order chi connectivity index (χ1) is 9.00. The van der Waals surface area contributed by atoms with Crippen molar-refractivity contribution in [3.05, 3.63) is 29.3 Å². The number of fused-ring (bicyclic) bond motifs is 1. The van der Waals surface area contributed by atoms with Crippen molar-refractivity contribution in [3.8, 4) is 5.75 Å². The molecule has 0 aliphatic heterocycles. The summed E-state index contributed by atoms with van der Waals surface area (Å²) >= 11 is 0. The Morgan fingerprint density at radius 3 is 2.84 bits per heavy atom. The molecule has 0 fully saturated rings. The number of alkyl halides is 2. The van der Waals surface area contributed by atoms with Crippen molar-refractivity contribution < 1.29 is 23.0 Å². The third-order valence-corrected chi connectivity index (χ3v) is 3.41. The molecule has 0 amide bonds. The van der Waals surface area contributed by atoms with Crippen molar-refractivity contribution in [2.75, 3.05) is 13.7 Å². The Labute approximate surface area is 110 Å². The summed E-state index contributed by atoms with van der Waals surface area (Å²) in [5.74, 6) is -5.38. The van der Waals surface area contributed by atoms with Crippen molar-refractivity contribution in [1.29, 1.82) is 0 Å².